The van der Waals surface area contributed by atoms with Gasteiger partial charge in [-0.1, -0.05) is 38.3 Å². The van der Waals surface area contributed by atoms with Crippen molar-refractivity contribution in [2.24, 2.45) is 0 Å². The molecule has 116 valence electrons. The van der Waals surface area contributed by atoms with Gasteiger partial charge >= 0.3 is 0 Å². The van der Waals surface area contributed by atoms with Crippen LogP contribution in [-0.4, -0.2) is 6.61 Å². The molecule has 2 heteroatoms. The van der Waals surface area contributed by atoms with Crippen molar-refractivity contribution in [2.75, 3.05) is 6.61 Å². The first-order valence-corrected chi connectivity index (χ1v) is 8.32. The van der Waals surface area contributed by atoms with Crippen LogP contribution in [0.5, 0.6) is 5.75 Å². The molecule has 1 aliphatic rings. The Morgan fingerprint density at radius 1 is 0.909 bits per heavy atom. The van der Waals surface area contributed by atoms with Crippen molar-refractivity contribution in [1.29, 1.82) is 0 Å². The molecule has 1 aliphatic carbocycles. The smallest absolute Gasteiger partial charge is 0.123 e. The first-order valence-electron chi connectivity index (χ1n) is 8.32. The molecule has 0 radical (unpaired) electrons. The van der Waals surface area contributed by atoms with Crippen molar-refractivity contribution >= 4 is 0 Å². The van der Waals surface area contributed by atoms with Crippen molar-refractivity contribution in [2.45, 2.75) is 45.4 Å². The van der Waals surface area contributed by atoms with Crippen LogP contribution in [0.4, 0.5) is 4.39 Å². The van der Waals surface area contributed by atoms with Gasteiger partial charge in [0.25, 0.3) is 0 Å². The third-order valence-corrected chi connectivity index (χ3v) is 4.36. The maximum atomic E-state index is 13.3. The summed E-state index contributed by atoms with van der Waals surface area (Å²) >= 11 is 0. The molecule has 0 unspecified atom stereocenters. The van der Waals surface area contributed by atoms with Crippen LogP contribution >= 0.6 is 0 Å². The summed E-state index contributed by atoms with van der Waals surface area (Å²) < 4.78 is 19.2. The predicted molar refractivity (Wildman–Crippen MR) is 88.9 cm³/mol. The summed E-state index contributed by atoms with van der Waals surface area (Å²) in [5.74, 6) is 0.815. The van der Waals surface area contributed by atoms with Crippen LogP contribution in [0.2, 0.25) is 0 Å². The second kappa shape index (κ2) is 6.95. The highest BCUT2D eigenvalue weighted by Gasteiger charge is 2.17. The molecule has 0 saturated heterocycles. The number of benzene rings is 2. The lowest BCUT2D eigenvalue weighted by atomic mass is 9.85. The largest absolute Gasteiger partial charge is 0.494 e. The van der Waals surface area contributed by atoms with Gasteiger partial charge < -0.3 is 4.74 Å². The number of rotatable bonds is 6. The monoisotopic (exact) mass is 298 g/mol. The van der Waals surface area contributed by atoms with Crippen LogP contribution in [-0.2, 0) is 12.8 Å². The molecule has 0 aliphatic heterocycles. The van der Waals surface area contributed by atoms with Gasteiger partial charge in [-0.05, 0) is 65.8 Å². The van der Waals surface area contributed by atoms with E-state index in [4.69, 9.17) is 4.74 Å². The van der Waals surface area contributed by atoms with Gasteiger partial charge in [0.2, 0.25) is 0 Å². The van der Waals surface area contributed by atoms with E-state index < -0.39 is 0 Å². The highest BCUT2D eigenvalue weighted by molar-refractivity contribution is 5.73. The highest BCUT2D eigenvalue weighted by atomic mass is 19.1. The third kappa shape index (κ3) is 3.32. The first kappa shape index (κ1) is 15.1. The van der Waals surface area contributed by atoms with Crippen LogP contribution in [0.1, 0.15) is 43.7 Å². The van der Waals surface area contributed by atoms with Crippen LogP contribution in [0.15, 0.2) is 36.4 Å². The van der Waals surface area contributed by atoms with E-state index in [2.05, 4.69) is 19.1 Å². The molecule has 0 aromatic heterocycles. The molecule has 2 aromatic rings. The van der Waals surface area contributed by atoms with E-state index in [1.165, 1.54) is 30.4 Å². The molecule has 22 heavy (non-hydrogen) atoms. The molecule has 0 amide bonds. The summed E-state index contributed by atoms with van der Waals surface area (Å²) in [6.45, 7) is 3.01. The zero-order chi connectivity index (χ0) is 15.4. The minimum absolute atomic E-state index is 0.144. The summed E-state index contributed by atoms with van der Waals surface area (Å²) in [7, 11) is 0. The fourth-order valence-corrected chi connectivity index (χ4v) is 3.15. The Morgan fingerprint density at radius 2 is 1.64 bits per heavy atom. The van der Waals surface area contributed by atoms with Crippen LogP contribution < -0.4 is 4.74 Å². The quantitative estimate of drug-likeness (QED) is 0.635. The molecule has 3 rings (SSSR count). The standard InChI is InChI=1S/C20H23FO/c1-2-3-4-5-12-22-18-9-11-20-16(14-18)7-6-15-13-17(21)8-10-19(15)20/h8-11,13-14H,2-7,12H2,1H3. The lowest BCUT2D eigenvalue weighted by Gasteiger charge is -2.20. The Labute approximate surface area is 132 Å². The van der Waals surface area contributed by atoms with E-state index in [1.54, 1.807) is 12.1 Å². The number of ether oxygens (including phenoxy) is 1. The summed E-state index contributed by atoms with van der Waals surface area (Å²) in [5.41, 5.74) is 4.81. The van der Waals surface area contributed by atoms with Crippen molar-refractivity contribution in [1.82, 2.24) is 0 Å². The zero-order valence-electron chi connectivity index (χ0n) is 13.2. The highest BCUT2D eigenvalue weighted by Crippen LogP contribution is 2.35. The number of unbranched alkanes of at least 4 members (excludes halogenated alkanes) is 3. The normalized spacial score (nSPS) is 12.6. The molecule has 0 fully saturated rings. The van der Waals surface area contributed by atoms with Crippen molar-refractivity contribution < 1.29 is 9.13 Å². The molecule has 0 heterocycles. The van der Waals surface area contributed by atoms with Gasteiger partial charge in [-0.15, -0.1) is 0 Å². The zero-order valence-corrected chi connectivity index (χ0v) is 13.2. The molecular weight excluding hydrogens is 275 g/mol. The summed E-state index contributed by atoms with van der Waals surface area (Å²) in [6.07, 6.45) is 6.74. The number of hydrogen-bond donors (Lipinski definition) is 0. The number of hydrogen-bond acceptors (Lipinski definition) is 1. The average Bonchev–Trinajstić information content (AvgIpc) is 2.54. The second-order valence-corrected chi connectivity index (χ2v) is 6.03. The second-order valence-electron chi connectivity index (χ2n) is 6.03. The summed E-state index contributed by atoms with van der Waals surface area (Å²) in [6, 6.07) is 11.4. The van der Waals surface area contributed by atoms with Crippen LogP contribution in [0.25, 0.3) is 11.1 Å². The molecule has 0 bridgehead atoms. The number of fused-ring (bicyclic) bond motifs is 3. The van der Waals surface area contributed by atoms with Gasteiger partial charge in [0.15, 0.2) is 0 Å². The van der Waals surface area contributed by atoms with Gasteiger partial charge in [-0.3, -0.25) is 0 Å². The SMILES string of the molecule is CCCCCCOc1ccc2c(c1)CCc1cc(F)ccc1-2. The molecule has 0 saturated carbocycles. The van der Waals surface area contributed by atoms with Crippen LogP contribution in [0.3, 0.4) is 0 Å². The van der Waals surface area contributed by atoms with Gasteiger partial charge in [0.1, 0.15) is 11.6 Å². The minimum Gasteiger partial charge on any atom is -0.494 e. The van der Waals surface area contributed by atoms with Gasteiger partial charge in [-0.2, -0.15) is 0 Å². The maximum Gasteiger partial charge on any atom is 0.123 e. The molecule has 1 nitrogen and oxygen atoms in total. The average molecular weight is 298 g/mol. The topological polar surface area (TPSA) is 9.23 Å². The van der Waals surface area contributed by atoms with E-state index in [0.29, 0.717) is 0 Å². The van der Waals surface area contributed by atoms with E-state index in [-0.39, 0.29) is 5.82 Å². The first-order chi connectivity index (χ1) is 10.8. The van der Waals surface area contributed by atoms with Crippen molar-refractivity contribution in [3.63, 3.8) is 0 Å². The van der Waals surface area contributed by atoms with Gasteiger partial charge in [-0.25, -0.2) is 4.39 Å². The molecule has 2 aromatic carbocycles. The lowest BCUT2D eigenvalue weighted by Crippen LogP contribution is -2.05. The third-order valence-electron chi connectivity index (χ3n) is 4.36. The fourth-order valence-electron chi connectivity index (χ4n) is 3.15. The molecule has 0 spiro atoms. The predicted octanol–water partition coefficient (Wildman–Crippen LogP) is 5.55. The fraction of sp³-hybridized carbons (Fsp3) is 0.400. The Kier molecular flexibility index (Phi) is 4.77. The number of aryl methyl sites for hydroxylation is 2. The summed E-state index contributed by atoms with van der Waals surface area (Å²) in [5, 5.41) is 0. The van der Waals surface area contributed by atoms with E-state index >= 15 is 0 Å². The lowest BCUT2D eigenvalue weighted by molar-refractivity contribution is 0.305. The van der Waals surface area contributed by atoms with E-state index in [1.807, 2.05) is 12.1 Å². The van der Waals surface area contributed by atoms with Gasteiger partial charge in [0.05, 0.1) is 6.61 Å². The Morgan fingerprint density at radius 3 is 2.41 bits per heavy atom. The molecule has 0 N–H and O–H groups in total. The molecular formula is C20H23FO. The Bertz CT molecular complexity index is 648. The Hall–Kier alpha value is -1.83. The molecule has 0 atom stereocenters. The minimum atomic E-state index is -0.144. The van der Waals surface area contributed by atoms with Crippen molar-refractivity contribution in [3.8, 4) is 16.9 Å². The Balaban J connectivity index is 1.71. The summed E-state index contributed by atoms with van der Waals surface area (Å²) in [4.78, 5) is 0. The van der Waals surface area contributed by atoms with E-state index in [0.717, 1.165) is 42.7 Å². The van der Waals surface area contributed by atoms with Crippen LogP contribution in [0, 0.1) is 5.82 Å². The number of halogens is 1. The van der Waals surface area contributed by atoms with Gasteiger partial charge in [0, 0.05) is 0 Å². The van der Waals surface area contributed by atoms with E-state index in [9.17, 15) is 4.39 Å². The van der Waals surface area contributed by atoms with Crippen molar-refractivity contribution in [3.05, 3.63) is 53.3 Å². The maximum absolute atomic E-state index is 13.3.